The molecule has 0 saturated heterocycles. The molecule has 0 amide bonds. The molecule has 0 unspecified atom stereocenters. The van der Waals surface area contributed by atoms with Gasteiger partial charge in [-0.3, -0.25) is 0 Å². The molecule has 0 aliphatic rings. The molecule has 0 aliphatic heterocycles. The van der Waals surface area contributed by atoms with Crippen LogP contribution in [0.25, 0.3) is 0 Å². The molecule has 5 nitrogen and oxygen atoms in total. The standard InChI is InChI=1S/C13H7Cl2N5S2/c14-10-2-1-3-11(15)9(10)7-21-13-20-19-12(22-13)18-6-8(4-16)5-17/h1-3,6H,7H2,(H,18,19). The Morgan fingerprint density at radius 1 is 1.27 bits per heavy atom. The molecule has 2 aromatic rings. The lowest BCUT2D eigenvalue weighted by Gasteiger charge is -2.04. The van der Waals surface area contributed by atoms with Gasteiger partial charge in [-0.2, -0.15) is 10.5 Å². The molecular formula is C13H7Cl2N5S2. The van der Waals surface area contributed by atoms with Crippen molar-refractivity contribution < 1.29 is 0 Å². The number of nitriles is 2. The zero-order valence-corrected chi connectivity index (χ0v) is 14.0. The molecule has 0 bridgehead atoms. The van der Waals surface area contributed by atoms with Crippen LogP contribution < -0.4 is 5.32 Å². The van der Waals surface area contributed by atoms with E-state index >= 15 is 0 Å². The van der Waals surface area contributed by atoms with E-state index in [0.29, 0.717) is 20.9 Å². The molecule has 110 valence electrons. The van der Waals surface area contributed by atoms with Gasteiger partial charge in [-0.1, -0.05) is 52.4 Å². The average Bonchev–Trinajstić information content (AvgIpc) is 2.96. The molecule has 0 spiro atoms. The van der Waals surface area contributed by atoms with Crippen molar-refractivity contribution in [3.8, 4) is 12.1 Å². The second kappa shape index (κ2) is 8.02. The van der Waals surface area contributed by atoms with E-state index in [9.17, 15) is 0 Å². The molecule has 1 N–H and O–H groups in total. The number of thioether (sulfide) groups is 1. The van der Waals surface area contributed by atoms with Crippen LogP contribution in [0, 0.1) is 22.7 Å². The van der Waals surface area contributed by atoms with E-state index in [1.54, 1.807) is 30.3 Å². The first-order valence-corrected chi connectivity index (χ1v) is 8.36. The molecule has 0 aliphatic carbocycles. The number of aromatic nitrogens is 2. The van der Waals surface area contributed by atoms with Crippen molar-refractivity contribution in [1.82, 2.24) is 10.2 Å². The lowest BCUT2D eigenvalue weighted by molar-refractivity contribution is 1.01. The third kappa shape index (κ3) is 4.36. The summed E-state index contributed by atoms with van der Waals surface area (Å²) in [5.41, 5.74) is 0.809. The van der Waals surface area contributed by atoms with E-state index in [1.807, 2.05) is 0 Å². The van der Waals surface area contributed by atoms with Crippen LogP contribution in [-0.4, -0.2) is 10.2 Å². The smallest absolute Gasteiger partial charge is 0.210 e. The molecule has 0 radical (unpaired) electrons. The van der Waals surface area contributed by atoms with Gasteiger partial charge in [0, 0.05) is 22.0 Å². The molecule has 0 saturated carbocycles. The maximum absolute atomic E-state index is 8.63. The number of nitrogens with zero attached hydrogens (tertiary/aromatic N) is 4. The Bertz CT molecular complexity index is 752. The van der Waals surface area contributed by atoms with E-state index in [4.69, 9.17) is 33.7 Å². The molecule has 1 aromatic carbocycles. The van der Waals surface area contributed by atoms with E-state index in [2.05, 4.69) is 15.5 Å². The van der Waals surface area contributed by atoms with Crippen molar-refractivity contribution in [1.29, 1.82) is 10.5 Å². The van der Waals surface area contributed by atoms with Crippen LogP contribution in [0.4, 0.5) is 5.13 Å². The van der Waals surface area contributed by atoms with Crippen molar-refractivity contribution in [3.63, 3.8) is 0 Å². The summed E-state index contributed by atoms with van der Waals surface area (Å²) < 4.78 is 0.724. The lowest BCUT2D eigenvalue weighted by atomic mass is 10.2. The molecule has 2 rings (SSSR count). The zero-order valence-electron chi connectivity index (χ0n) is 10.9. The third-order valence-electron chi connectivity index (χ3n) is 2.39. The van der Waals surface area contributed by atoms with E-state index in [-0.39, 0.29) is 5.57 Å². The van der Waals surface area contributed by atoms with Gasteiger partial charge < -0.3 is 5.32 Å². The predicted molar refractivity (Wildman–Crippen MR) is 88.9 cm³/mol. The largest absolute Gasteiger partial charge is 0.335 e. The second-order valence-corrected chi connectivity index (χ2v) is 6.80. The van der Waals surface area contributed by atoms with Crippen LogP contribution in [0.15, 0.2) is 34.3 Å². The van der Waals surface area contributed by atoms with Crippen LogP contribution >= 0.6 is 46.3 Å². The summed E-state index contributed by atoms with van der Waals surface area (Å²) >= 11 is 15.0. The summed E-state index contributed by atoms with van der Waals surface area (Å²) in [4.78, 5) is 0. The Morgan fingerprint density at radius 2 is 1.95 bits per heavy atom. The highest BCUT2D eigenvalue weighted by molar-refractivity contribution is 8.00. The molecule has 9 heteroatoms. The number of rotatable bonds is 5. The molecule has 22 heavy (non-hydrogen) atoms. The number of anilines is 1. The van der Waals surface area contributed by atoms with Crippen molar-refractivity contribution in [2.24, 2.45) is 0 Å². The van der Waals surface area contributed by atoms with Crippen molar-refractivity contribution >= 4 is 51.4 Å². The predicted octanol–water partition coefficient (Wildman–Crippen LogP) is 4.48. The van der Waals surface area contributed by atoms with Gasteiger partial charge in [-0.25, -0.2) is 0 Å². The van der Waals surface area contributed by atoms with Crippen molar-refractivity contribution in [2.45, 2.75) is 10.1 Å². The van der Waals surface area contributed by atoms with Gasteiger partial charge in [0.2, 0.25) is 5.13 Å². The lowest BCUT2D eigenvalue weighted by Crippen LogP contribution is -1.88. The first-order chi connectivity index (χ1) is 10.6. The average molecular weight is 368 g/mol. The third-order valence-corrected chi connectivity index (χ3v) is 5.11. The highest BCUT2D eigenvalue weighted by Gasteiger charge is 2.09. The SMILES string of the molecule is N#CC(C#N)=CNc1nnc(SCc2c(Cl)cccc2Cl)s1. The summed E-state index contributed by atoms with van der Waals surface area (Å²) in [6.45, 7) is 0. The highest BCUT2D eigenvalue weighted by Crippen LogP contribution is 2.33. The number of halogens is 2. The molecule has 0 atom stereocenters. The van der Waals surface area contributed by atoms with Gasteiger partial charge in [-0.15, -0.1) is 10.2 Å². The fraction of sp³-hybridized carbons (Fsp3) is 0.0769. The fourth-order valence-corrected chi connectivity index (χ4v) is 3.82. The normalized spacial score (nSPS) is 9.64. The van der Waals surface area contributed by atoms with Gasteiger partial charge in [0.25, 0.3) is 0 Å². The monoisotopic (exact) mass is 367 g/mol. The minimum Gasteiger partial charge on any atom is -0.335 e. The van der Waals surface area contributed by atoms with Gasteiger partial charge in [0.1, 0.15) is 17.7 Å². The molecular weight excluding hydrogens is 361 g/mol. The zero-order chi connectivity index (χ0) is 15.9. The fourth-order valence-electron chi connectivity index (χ4n) is 1.35. The number of hydrogen-bond acceptors (Lipinski definition) is 7. The summed E-state index contributed by atoms with van der Waals surface area (Å²) in [7, 11) is 0. The van der Waals surface area contributed by atoms with Crippen LogP contribution in [0.2, 0.25) is 10.0 Å². The first kappa shape index (κ1) is 16.6. The van der Waals surface area contributed by atoms with E-state index in [1.165, 1.54) is 29.3 Å². The Morgan fingerprint density at radius 3 is 2.59 bits per heavy atom. The summed E-state index contributed by atoms with van der Waals surface area (Å²) in [6, 6.07) is 8.85. The number of benzene rings is 1. The van der Waals surface area contributed by atoms with Crippen molar-refractivity contribution in [3.05, 3.63) is 45.6 Å². The van der Waals surface area contributed by atoms with Gasteiger partial charge >= 0.3 is 0 Å². The van der Waals surface area contributed by atoms with Crippen LogP contribution in [0.1, 0.15) is 5.56 Å². The summed E-state index contributed by atoms with van der Waals surface area (Å²) in [6.07, 6.45) is 1.29. The highest BCUT2D eigenvalue weighted by atomic mass is 35.5. The number of nitrogens with one attached hydrogen (secondary N) is 1. The van der Waals surface area contributed by atoms with Gasteiger partial charge in [0.05, 0.1) is 0 Å². The van der Waals surface area contributed by atoms with Crippen LogP contribution in [0.3, 0.4) is 0 Å². The van der Waals surface area contributed by atoms with Gasteiger partial charge in [0.15, 0.2) is 4.34 Å². The summed E-state index contributed by atoms with van der Waals surface area (Å²) in [5.74, 6) is 0.574. The minimum atomic E-state index is -0.0350. The van der Waals surface area contributed by atoms with Crippen LogP contribution in [0.5, 0.6) is 0 Å². The van der Waals surface area contributed by atoms with Gasteiger partial charge in [-0.05, 0) is 17.7 Å². The topological polar surface area (TPSA) is 85.4 Å². The Kier molecular flexibility index (Phi) is 6.05. The van der Waals surface area contributed by atoms with Crippen LogP contribution in [-0.2, 0) is 5.75 Å². The first-order valence-electron chi connectivity index (χ1n) is 5.80. The quantitative estimate of drug-likeness (QED) is 0.619. The van der Waals surface area contributed by atoms with E-state index < -0.39 is 0 Å². The Labute approximate surface area is 145 Å². The molecule has 0 fully saturated rings. The second-order valence-electron chi connectivity index (χ2n) is 3.79. The maximum atomic E-state index is 8.63. The Hall–Kier alpha value is -1.77. The maximum Gasteiger partial charge on any atom is 0.210 e. The van der Waals surface area contributed by atoms with Crippen molar-refractivity contribution in [2.75, 3.05) is 5.32 Å². The summed E-state index contributed by atoms with van der Waals surface area (Å²) in [5, 5.41) is 29.7. The molecule has 1 heterocycles. The minimum absolute atomic E-state index is 0.0350. The van der Waals surface area contributed by atoms with E-state index in [0.717, 1.165) is 9.90 Å². The molecule has 1 aromatic heterocycles. The number of hydrogen-bond donors (Lipinski definition) is 1. The Balaban J connectivity index is 2.00. The number of allylic oxidation sites excluding steroid dienone is 1.